The Labute approximate surface area is 124 Å². The lowest BCUT2D eigenvalue weighted by molar-refractivity contribution is 0.765. The fourth-order valence-corrected chi connectivity index (χ4v) is 6.15. The summed E-state index contributed by atoms with van der Waals surface area (Å²) in [5, 5.41) is 0. The fourth-order valence-electron chi connectivity index (χ4n) is 3.32. The van der Waals surface area contributed by atoms with Crippen molar-refractivity contribution in [2.45, 2.75) is 38.0 Å². The van der Waals surface area contributed by atoms with Gasteiger partial charge in [-0.1, -0.05) is 67.6 Å². The lowest BCUT2D eigenvalue weighted by atomic mass is 10.0. The van der Waals surface area contributed by atoms with Crippen molar-refractivity contribution in [3.63, 3.8) is 0 Å². The molecular formula is C19H23P. The SMILES string of the molecule is Cc1ccc(C2CCC(c3ccc(C)cc3)P2C)cc1. The van der Waals surface area contributed by atoms with Gasteiger partial charge in [0.15, 0.2) is 0 Å². The maximum atomic E-state index is 2.50. The molecule has 2 aromatic carbocycles. The van der Waals surface area contributed by atoms with E-state index in [0.717, 1.165) is 11.3 Å². The van der Waals surface area contributed by atoms with E-state index < -0.39 is 0 Å². The van der Waals surface area contributed by atoms with Gasteiger partial charge in [-0.3, -0.25) is 0 Å². The molecule has 1 aliphatic heterocycles. The normalized spacial score (nSPS) is 25.9. The average molecular weight is 282 g/mol. The van der Waals surface area contributed by atoms with E-state index in [1.54, 1.807) is 11.1 Å². The van der Waals surface area contributed by atoms with Crippen LogP contribution in [0.5, 0.6) is 0 Å². The number of hydrogen-bond donors (Lipinski definition) is 0. The van der Waals surface area contributed by atoms with Crippen molar-refractivity contribution in [2.24, 2.45) is 0 Å². The Morgan fingerprint density at radius 2 is 1.05 bits per heavy atom. The first kappa shape index (κ1) is 13.8. The van der Waals surface area contributed by atoms with E-state index in [-0.39, 0.29) is 7.92 Å². The second kappa shape index (κ2) is 5.70. The highest BCUT2D eigenvalue weighted by Crippen LogP contribution is 2.68. The molecule has 0 amide bonds. The zero-order valence-electron chi connectivity index (χ0n) is 12.6. The minimum atomic E-state index is 0.0363. The van der Waals surface area contributed by atoms with Crippen LogP contribution in [-0.4, -0.2) is 6.66 Å². The Bertz CT molecular complexity index is 514. The zero-order valence-corrected chi connectivity index (χ0v) is 13.5. The molecule has 2 atom stereocenters. The molecule has 0 saturated carbocycles. The van der Waals surface area contributed by atoms with Crippen LogP contribution in [-0.2, 0) is 0 Å². The van der Waals surface area contributed by atoms with Crippen LogP contribution in [0.3, 0.4) is 0 Å². The Hall–Kier alpha value is -1.13. The van der Waals surface area contributed by atoms with Gasteiger partial charge in [0, 0.05) is 11.3 Å². The third kappa shape index (κ3) is 2.67. The summed E-state index contributed by atoms with van der Waals surface area (Å²) in [7, 11) is 0.0363. The molecule has 1 saturated heterocycles. The predicted molar refractivity (Wildman–Crippen MR) is 89.9 cm³/mol. The maximum absolute atomic E-state index is 2.50. The summed E-state index contributed by atoms with van der Waals surface area (Å²) in [5.74, 6) is 0. The first-order valence-electron chi connectivity index (χ1n) is 7.50. The predicted octanol–water partition coefficient (Wildman–Crippen LogP) is 5.99. The largest absolute Gasteiger partial charge is 0.0945 e. The molecule has 1 fully saturated rings. The van der Waals surface area contributed by atoms with Crippen LogP contribution in [0.25, 0.3) is 0 Å². The van der Waals surface area contributed by atoms with Gasteiger partial charge in [-0.25, -0.2) is 0 Å². The van der Waals surface area contributed by atoms with Crippen LogP contribution in [0.1, 0.15) is 46.4 Å². The lowest BCUT2D eigenvalue weighted by Gasteiger charge is -2.22. The summed E-state index contributed by atoms with van der Waals surface area (Å²) in [6.45, 7) is 6.84. The third-order valence-electron chi connectivity index (χ3n) is 4.62. The van der Waals surface area contributed by atoms with Gasteiger partial charge in [0.05, 0.1) is 0 Å². The number of benzene rings is 2. The number of hydrogen-bond acceptors (Lipinski definition) is 0. The van der Waals surface area contributed by atoms with Crippen LogP contribution >= 0.6 is 7.92 Å². The van der Waals surface area contributed by atoms with E-state index in [1.165, 1.54) is 24.0 Å². The fraction of sp³-hybridized carbons (Fsp3) is 0.368. The van der Waals surface area contributed by atoms with Crippen LogP contribution < -0.4 is 0 Å². The average Bonchev–Trinajstić information content (AvgIpc) is 2.83. The number of rotatable bonds is 2. The highest BCUT2D eigenvalue weighted by atomic mass is 31.1. The summed E-state index contributed by atoms with van der Waals surface area (Å²) in [4.78, 5) is 0. The van der Waals surface area contributed by atoms with Crippen molar-refractivity contribution in [2.75, 3.05) is 6.66 Å². The standard InChI is InChI=1S/C19H23P/c1-14-4-8-16(9-5-14)18-12-13-19(20(18)3)17-10-6-15(2)7-11-17/h4-11,18-19H,12-13H2,1-3H3. The monoisotopic (exact) mass is 282 g/mol. The van der Waals surface area contributed by atoms with Gasteiger partial charge in [0.25, 0.3) is 0 Å². The third-order valence-corrected chi connectivity index (χ3v) is 7.70. The molecule has 0 radical (unpaired) electrons. The molecule has 0 N–H and O–H groups in total. The van der Waals surface area contributed by atoms with E-state index in [4.69, 9.17) is 0 Å². The topological polar surface area (TPSA) is 0 Å². The summed E-state index contributed by atoms with van der Waals surface area (Å²) < 4.78 is 0. The van der Waals surface area contributed by atoms with Crippen LogP contribution in [0.4, 0.5) is 0 Å². The van der Waals surface area contributed by atoms with Crippen molar-refractivity contribution >= 4 is 7.92 Å². The van der Waals surface area contributed by atoms with Crippen molar-refractivity contribution in [1.29, 1.82) is 0 Å². The molecule has 3 rings (SSSR count). The first-order chi connectivity index (χ1) is 9.65. The van der Waals surface area contributed by atoms with E-state index in [1.807, 2.05) is 0 Å². The molecular weight excluding hydrogens is 259 g/mol. The first-order valence-corrected chi connectivity index (χ1v) is 9.43. The Kier molecular flexibility index (Phi) is 3.94. The highest BCUT2D eigenvalue weighted by Gasteiger charge is 2.33. The summed E-state index contributed by atoms with van der Waals surface area (Å²) >= 11 is 0. The van der Waals surface area contributed by atoms with E-state index in [2.05, 4.69) is 69.0 Å². The van der Waals surface area contributed by atoms with E-state index in [0.29, 0.717) is 0 Å². The van der Waals surface area contributed by atoms with Crippen molar-refractivity contribution in [3.05, 3.63) is 70.8 Å². The molecule has 2 aromatic rings. The van der Waals surface area contributed by atoms with Crippen LogP contribution in [0.2, 0.25) is 0 Å². The van der Waals surface area contributed by atoms with Gasteiger partial charge < -0.3 is 0 Å². The Morgan fingerprint density at radius 1 is 0.700 bits per heavy atom. The van der Waals surface area contributed by atoms with Crippen molar-refractivity contribution in [1.82, 2.24) is 0 Å². The second-order valence-electron chi connectivity index (χ2n) is 6.10. The van der Waals surface area contributed by atoms with Gasteiger partial charge >= 0.3 is 0 Å². The highest BCUT2D eigenvalue weighted by molar-refractivity contribution is 7.58. The molecule has 1 aliphatic rings. The lowest BCUT2D eigenvalue weighted by Crippen LogP contribution is -1.93. The van der Waals surface area contributed by atoms with E-state index >= 15 is 0 Å². The molecule has 0 nitrogen and oxygen atoms in total. The maximum Gasteiger partial charge on any atom is 0.00451 e. The molecule has 0 aromatic heterocycles. The molecule has 1 heteroatoms. The molecule has 2 unspecified atom stereocenters. The Balaban J connectivity index is 1.81. The summed E-state index contributed by atoms with van der Waals surface area (Å²) in [6.07, 6.45) is 2.70. The quantitative estimate of drug-likeness (QED) is 0.593. The minimum absolute atomic E-state index is 0.0363. The van der Waals surface area contributed by atoms with Gasteiger partial charge in [-0.05, 0) is 44.5 Å². The molecule has 0 bridgehead atoms. The van der Waals surface area contributed by atoms with Gasteiger partial charge in [0.2, 0.25) is 0 Å². The van der Waals surface area contributed by atoms with E-state index in [9.17, 15) is 0 Å². The molecule has 1 heterocycles. The summed E-state index contributed by atoms with van der Waals surface area (Å²) in [5.41, 5.74) is 7.41. The van der Waals surface area contributed by atoms with Crippen molar-refractivity contribution < 1.29 is 0 Å². The molecule has 0 spiro atoms. The van der Waals surface area contributed by atoms with Gasteiger partial charge in [-0.15, -0.1) is 0 Å². The molecule has 104 valence electrons. The summed E-state index contributed by atoms with van der Waals surface area (Å²) in [6, 6.07) is 18.4. The minimum Gasteiger partial charge on any atom is -0.0945 e. The number of aryl methyl sites for hydroxylation is 2. The van der Waals surface area contributed by atoms with Crippen LogP contribution in [0, 0.1) is 13.8 Å². The Morgan fingerprint density at radius 3 is 1.40 bits per heavy atom. The molecule has 0 aliphatic carbocycles. The smallest absolute Gasteiger partial charge is 0.00451 e. The zero-order chi connectivity index (χ0) is 14.1. The second-order valence-corrected chi connectivity index (χ2v) is 8.67. The van der Waals surface area contributed by atoms with Gasteiger partial charge in [0.1, 0.15) is 0 Å². The van der Waals surface area contributed by atoms with Gasteiger partial charge in [-0.2, -0.15) is 0 Å². The molecule has 20 heavy (non-hydrogen) atoms. The van der Waals surface area contributed by atoms with Crippen molar-refractivity contribution in [3.8, 4) is 0 Å². The van der Waals surface area contributed by atoms with Crippen LogP contribution in [0.15, 0.2) is 48.5 Å².